The van der Waals surface area contributed by atoms with Gasteiger partial charge < -0.3 is 10.5 Å². The lowest BCUT2D eigenvalue weighted by atomic mass is 10.2. The highest BCUT2D eigenvalue weighted by atomic mass is 32.1. The molecule has 5 nitrogen and oxygen atoms in total. The number of nitrogens with two attached hydrogens (primary N) is 1. The maximum Gasteiger partial charge on any atom is 0.411 e. The number of rotatable bonds is 0. The van der Waals surface area contributed by atoms with E-state index in [1.165, 1.54) is 11.3 Å². The molecule has 6 heteroatoms. The molecule has 1 aromatic heterocycles. The molecule has 1 amide bonds. The van der Waals surface area contributed by atoms with E-state index in [2.05, 4.69) is 4.98 Å². The molecule has 0 atom stereocenters. The SMILES string of the molecule is CC(C)(C)OC(=O)N1Cc2sc(N)nc2C12CC2. The molecule has 3 rings (SSSR count). The normalized spacial score (nSPS) is 20.1. The lowest BCUT2D eigenvalue weighted by molar-refractivity contribution is 0.0139. The third-order valence-electron chi connectivity index (χ3n) is 3.31. The molecule has 1 spiro atoms. The minimum atomic E-state index is -0.463. The zero-order valence-electron chi connectivity index (χ0n) is 10.8. The predicted octanol–water partition coefficient (Wildman–Crippen LogP) is 2.47. The Hall–Kier alpha value is -1.30. The van der Waals surface area contributed by atoms with Crippen LogP contribution in [-0.2, 0) is 16.8 Å². The van der Waals surface area contributed by atoms with Crippen molar-refractivity contribution in [1.82, 2.24) is 9.88 Å². The maximum atomic E-state index is 12.2. The highest BCUT2D eigenvalue weighted by molar-refractivity contribution is 7.15. The van der Waals surface area contributed by atoms with E-state index in [4.69, 9.17) is 10.5 Å². The third-order valence-corrected chi connectivity index (χ3v) is 4.18. The van der Waals surface area contributed by atoms with Crippen LogP contribution in [-0.4, -0.2) is 21.6 Å². The summed E-state index contributed by atoms with van der Waals surface area (Å²) < 4.78 is 5.46. The van der Waals surface area contributed by atoms with Crippen molar-refractivity contribution in [3.05, 3.63) is 10.6 Å². The molecule has 0 radical (unpaired) electrons. The van der Waals surface area contributed by atoms with Crippen molar-refractivity contribution >= 4 is 22.6 Å². The Morgan fingerprint density at radius 2 is 2.17 bits per heavy atom. The number of carbonyl (C=O) groups is 1. The van der Waals surface area contributed by atoms with Crippen LogP contribution in [0.25, 0.3) is 0 Å². The first kappa shape index (κ1) is 11.8. The number of fused-ring (bicyclic) bond motifs is 2. The lowest BCUT2D eigenvalue weighted by Gasteiger charge is -2.28. The number of aromatic nitrogens is 1. The van der Waals surface area contributed by atoms with Gasteiger partial charge >= 0.3 is 6.09 Å². The number of nitrogen functional groups attached to an aromatic ring is 1. The molecule has 0 unspecified atom stereocenters. The predicted molar refractivity (Wildman–Crippen MR) is 69.2 cm³/mol. The van der Waals surface area contributed by atoms with Crippen molar-refractivity contribution in [2.75, 3.05) is 5.73 Å². The summed E-state index contributed by atoms with van der Waals surface area (Å²) in [4.78, 5) is 19.5. The third kappa shape index (κ3) is 1.67. The van der Waals surface area contributed by atoms with E-state index >= 15 is 0 Å². The second kappa shape index (κ2) is 3.38. The highest BCUT2D eigenvalue weighted by Gasteiger charge is 2.59. The average molecular weight is 267 g/mol. The van der Waals surface area contributed by atoms with Crippen LogP contribution in [0.15, 0.2) is 0 Å². The molecule has 1 fully saturated rings. The van der Waals surface area contributed by atoms with E-state index in [0.29, 0.717) is 11.7 Å². The lowest BCUT2D eigenvalue weighted by Crippen LogP contribution is -2.39. The second-order valence-electron chi connectivity index (χ2n) is 5.92. The topological polar surface area (TPSA) is 68.5 Å². The monoisotopic (exact) mass is 267 g/mol. The van der Waals surface area contributed by atoms with E-state index in [9.17, 15) is 4.79 Å². The number of thiazole rings is 1. The van der Waals surface area contributed by atoms with Crippen molar-refractivity contribution in [2.24, 2.45) is 0 Å². The first-order valence-electron chi connectivity index (χ1n) is 6.08. The van der Waals surface area contributed by atoms with Crippen LogP contribution in [0.4, 0.5) is 9.93 Å². The summed E-state index contributed by atoms with van der Waals surface area (Å²) in [5.41, 5.74) is 6.05. The zero-order valence-corrected chi connectivity index (χ0v) is 11.6. The molecule has 1 aliphatic carbocycles. The summed E-state index contributed by atoms with van der Waals surface area (Å²) in [5, 5.41) is 0.593. The molecule has 1 saturated carbocycles. The smallest absolute Gasteiger partial charge is 0.411 e. The Kier molecular flexibility index (Phi) is 2.21. The van der Waals surface area contributed by atoms with Crippen molar-refractivity contribution in [3.63, 3.8) is 0 Å². The Morgan fingerprint density at radius 1 is 1.50 bits per heavy atom. The molecule has 0 aromatic carbocycles. The molecule has 18 heavy (non-hydrogen) atoms. The molecule has 1 aliphatic heterocycles. The molecular weight excluding hydrogens is 250 g/mol. The van der Waals surface area contributed by atoms with Gasteiger partial charge in [0.05, 0.1) is 22.7 Å². The van der Waals surface area contributed by atoms with Crippen molar-refractivity contribution in [1.29, 1.82) is 0 Å². The van der Waals surface area contributed by atoms with Gasteiger partial charge in [-0.1, -0.05) is 0 Å². The Morgan fingerprint density at radius 3 is 2.72 bits per heavy atom. The minimum Gasteiger partial charge on any atom is -0.444 e. The summed E-state index contributed by atoms with van der Waals surface area (Å²) in [6.45, 7) is 6.23. The summed E-state index contributed by atoms with van der Waals surface area (Å²) >= 11 is 1.48. The highest BCUT2D eigenvalue weighted by Crippen LogP contribution is 2.57. The van der Waals surface area contributed by atoms with Gasteiger partial charge in [-0.15, -0.1) is 11.3 Å². The first-order valence-corrected chi connectivity index (χ1v) is 6.90. The number of amides is 1. The minimum absolute atomic E-state index is 0.216. The summed E-state index contributed by atoms with van der Waals surface area (Å²) in [6.07, 6.45) is 1.67. The van der Waals surface area contributed by atoms with Crippen molar-refractivity contribution in [3.8, 4) is 0 Å². The van der Waals surface area contributed by atoms with Gasteiger partial charge in [-0.25, -0.2) is 9.78 Å². The molecule has 2 heterocycles. The number of carbonyl (C=O) groups excluding carboxylic acids is 1. The molecule has 98 valence electrons. The summed E-state index contributed by atoms with van der Waals surface area (Å²) in [6, 6.07) is 0. The summed E-state index contributed by atoms with van der Waals surface area (Å²) in [7, 11) is 0. The Labute approximate surface area is 110 Å². The number of anilines is 1. The quantitative estimate of drug-likeness (QED) is 0.784. The van der Waals surface area contributed by atoms with E-state index < -0.39 is 5.60 Å². The van der Waals surface area contributed by atoms with Gasteiger partial charge in [-0.05, 0) is 33.6 Å². The van der Waals surface area contributed by atoms with Crippen molar-refractivity contribution in [2.45, 2.75) is 51.3 Å². The fourth-order valence-corrected chi connectivity index (χ4v) is 3.36. The second-order valence-corrected chi connectivity index (χ2v) is 7.04. The molecule has 0 bridgehead atoms. The Balaban J connectivity index is 1.85. The van der Waals surface area contributed by atoms with Gasteiger partial charge in [0.15, 0.2) is 5.13 Å². The number of hydrogen-bond acceptors (Lipinski definition) is 5. The number of nitrogens with zero attached hydrogens (tertiary/aromatic N) is 2. The molecule has 2 N–H and O–H groups in total. The van der Waals surface area contributed by atoms with Gasteiger partial charge in [-0.2, -0.15) is 0 Å². The Bertz CT molecular complexity index is 514. The maximum absolute atomic E-state index is 12.2. The zero-order chi connectivity index (χ0) is 13.1. The number of ether oxygens (including phenoxy) is 1. The van der Waals surface area contributed by atoms with Crippen LogP contribution < -0.4 is 5.73 Å². The van der Waals surface area contributed by atoms with Gasteiger partial charge in [-0.3, -0.25) is 4.90 Å². The van der Waals surface area contributed by atoms with Crippen LogP contribution in [0.3, 0.4) is 0 Å². The van der Waals surface area contributed by atoms with Gasteiger partial charge in [0.25, 0.3) is 0 Å². The van der Waals surface area contributed by atoms with Crippen LogP contribution in [0.2, 0.25) is 0 Å². The van der Waals surface area contributed by atoms with Crippen LogP contribution in [0.5, 0.6) is 0 Å². The summed E-state index contributed by atoms with van der Waals surface area (Å²) in [5.74, 6) is 0. The van der Waals surface area contributed by atoms with E-state index in [-0.39, 0.29) is 11.6 Å². The van der Waals surface area contributed by atoms with E-state index in [0.717, 1.165) is 23.4 Å². The van der Waals surface area contributed by atoms with Crippen LogP contribution in [0.1, 0.15) is 44.2 Å². The average Bonchev–Trinajstić information content (AvgIpc) is 2.83. The van der Waals surface area contributed by atoms with Crippen LogP contribution in [0, 0.1) is 0 Å². The van der Waals surface area contributed by atoms with E-state index in [1.807, 2.05) is 25.7 Å². The molecular formula is C12H17N3O2S. The molecule has 1 aromatic rings. The largest absolute Gasteiger partial charge is 0.444 e. The van der Waals surface area contributed by atoms with E-state index in [1.54, 1.807) is 0 Å². The number of hydrogen-bond donors (Lipinski definition) is 1. The first-order chi connectivity index (χ1) is 8.32. The standard InChI is InChI=1S/C12H17N3O2S/c1-11(2,3)17-10(16)15-6-7-8(12(15)4-5-12)14-9(13)18-7/h4-6H2,1-3H3,(H2,13,14). The molecule has 0 saturated heterocycles. The fraction of sp³-hybridized carbons (Fsp3) is 0.667. The molecule has 2 aliphatic rings. The van der Waals surface area contributed by atoms with Crippen molar-refractivity contribution < 1.29 is 9.53 Å². The fourth-order valence-electron chi connectivity index (χ4n) is 2.44. The van der Waals surface area contributed by atoms with Gasteiger partial charge in [0.2, 0.25) is 0 Å². The van der Waals surface area contributed by atoms with Gasteiger partial charge in [0, 0.05) is 0 Å². The van der Waals surface area contributed by atoms with Gasteiger partial charge in [0.1, 0.15) is 5.60 Å². The van der Waals surface area contributed by atoms with Crippen LogP contribution >= 0.6 is 11.3 Å².